The van der Waals surface area contributed by atoms with Crippen LogP contribution in [0.4, 0.5) is 22.0 Å². The van der Waals surface area contributed by atoms with E-state index in [2.05, 4.69) is 30.2 Å². The van der Waals surface area contributed by atoms with Crippen molar-refractivity contribution in [2.75, 3.05) is 42.1 Å². The Kier molecular flexibility index (Phi) is 5.39. The van der Waals surface area contributed by atoms with Crippen molar-refractivity contribution in [1.82, 2.24) is 29.8 Å². The molecule has 5 rings (SSSR count). The number of halogens is 1. The first kappa shape index (κ1) is 21.8. The number of hydrogen-bond acceptors (Lipinski definition) is 8. The quantitative estimate of drug-likeness (QED) is 0.421. The zero-order chi connectivity index (χ0) is 24.0. The van der Waals surface area contributed by atoms with Crippen LogP contribution in [0.1, 0.15) is 31.0 Å². The van der Waals surface area contributed by atoms with Crippen LogP contribution in [-0.2, 0) is 4.79 Å². The lowest BCUT2D eigenvalue weighted by Crippen LogP contribution is -2.48. The number of nitrogens with zero attached hydrogens (tertiary/aromatic N) is 6. The molecule has 11 heteroatoms. The standard InChI is InChI=1S/C23H26FN9O/c1-12-17(24)5-4-15-10-16(13(2)28-21-19-20(27-11-26-19)30-23(25)31-21)22(29-18(12)15)33-8-6-32(7-9-33)14(3)34/h4-5,10-11,13H,6-9H2,1-3H3,(H4,25,26,27,28,30,31)/t13-/m0/s1. The smallest absolute Gasteiger partial charge is 0.224 e. The number of fused-ring (bicyclic) bond motifs is 2. The number of hydrogen-bond donors (Lipinski definition) is 3. The number of aromatic nitrogens is 5. The fourth-order valence-electron chi connectivity index (χ4n) is 4.41. The second kappa shape index (κ2) is 8.40. The van der Waals surface area contributed by atoms with Crippen molar-refractivity contribution in [3.05, 3.63) is 41.5 Å². The molecule has 0 unspecified atom stereocenters. The summed E-state index contributed by atoms with van der Waals surface area (Å²) in [7, 11) is 0. The van der Waals surface area contributed by atoms with Gasteiger partial charge in [-0.3, -0.25) is 4.79 Å². The number of pyridine rings is 1. The maximum absolute atomic E-state index is 14.3. The highest BCUT2D eigenvalue weighted by atomic mass is 19.1. The van der Waals surface area contributed by atoms with Crippen LogP contribution in [-0.4, -0.2) is 61.9 Å². The topological polar surface area (TPSA) is 129 Å². The Hall–Kier alpha value is -4.02. The first-order chi connectivity index (χ1) is 16.3. The van der Waals surface area contributed by atoms with E-state index in [4.69, 9.17) is 10.7 Å². The van der Waals surface area contributed by atoms with Crippen molar-refractivity contribution in [3.8, 4) is 0 Å². The van der Waals surface area contributed by atoms with E-state index >= 15 is 0 Å². The maximum Gasteiger partial charge on any atom is 0.224 e. The number of anilines is 3. The Morgan fingerprint density at radius 2 is 1.97 bits per heavy atom. The van der Waals surface area contributed by atoms with Crippen LogP contribution in [0.15, 0.2) is 24.5 Å². The van der Waals surface area contributed by atoms with Crippen LogP contribution >= 0.6 is 0 Å². The van der Waals surface area contributed by atoms with Crippen LogP contribution in [0.5, 0.6) is 0 Å². The van der Waals surface area contributed by atoms with Crippen LogP contribution in [0.3, 0.4) is 0 Å². The molecule has 1 aromatic carbocycles. The minimum atomic E-state index is -0.288. The molecule has 0 aliphatic carbocycles. The summed E-state index contributed by atoms with van der Waals surface area (Å²) in [5, 5.41) is 4.27. The predicted molar refractivity (Wildman–Crippen MR) is 129 cm³/mol. The summed E-state index contributed by atoms with van der Waals surface area (Å²) in [6.07, 6.45) is 1.55. The molecule has 1 atom stereocenters. The summed E-state index contributed by atoms with van der Waals surface area (Å²) >= 11 is 0. The van der Waals surface area contributed by atoms with Crippen molar-refractivity contribution in [2.24, 2.45) is 0 Å². The lowest BCUT2D eigenvalue weighted by Gasteiger charge is -2.36. The Balaban J connectivity index is 1.57. The number of benzene rings is 1. The number of nitrogens with one attached hydrogen (secondary N) is 2. The van der Waals surface area contributed by atoms with Gasteiger partial charge in [0.15, 0.2) is 11.5 Å². The molecular weight excluding hydrogens is 437 g/mol. The Morgan fingerprint density at radius 3 is 2.71 bits per heavy atom. The molecule has 4 N–H and O–H groups in total. The van der Waals surface area contributed by atoms with E-state index in [1.54, 1.807) is 26.2 Å². The Labute approximate surface area is 195 Å². The fraction of sp³-hybridized carbons (Fsp3) is 0.348. The molecule has 1 saturated heterocycles. The van der Waals surface area contributed by atoms with Gasteiger partial charge in [-0.1, -0.05) is 0 Å². The molecule has 34 heavy (non-hydrogen) atoms. The minimum absolute atomic E-state index is 0.0595. The second-order valence-corrected chi connectivity index (χ2v) is 8.54. The number of nitrogen functional groups attached to an aromatic ring is 1. The van der Waals surface area contributed by atoms with E-state index in [0.717, 1.165) is 16.8 Å². The van der Waals surface area contributed by atoms with Crippen molar-refractivity contribution >= 4 is 45.6 Å². The number of rotatable bonds is 4. The number of imidazole rings is 1. The van der Waals surface area contributed by atoms with Crippen molar-refractivity contribution < 1.29 is 9.18 Å². The van der Waals surface area contributed by atoms with Gasteiger partial charge in [0, 0.05) is 49.6 Å². The number of piperazine rings is 1. The van der Waals surface area contributed by atoms with Crippen LogP contribution in [0.2, 0.25) is 0 Å². The van der Waals surface area contributed by atoms with Gasteiger partial charge in [-0.25, -0.2) is 14.4 Å². The van der Waals surface area contributed by atoms with E-state index in [-0.39, 0.29) is 23.7 Å². The molecule has 1 aliphatic rings. The molecule has 0 radical (unpaired) electrons. The Bertz CT molecular complexity index is 1390. The lowest BCUT2D eigenvalue weighted by molar-refractivity contribution is -0.129. The van der Waals surface area contributed by atoms with Gasteiger partial charge < -0.3 is 25.8 Å². The molecule has 3 aromatic heterocycles. The van der Waals surface area contributed by atoms with Gasteiger partial charge in [-0.05, 0) is 32.0 Å². The highest BCUT2D eigenvalue weighted by Gasteiger charge is 2.25. The van der Waals surface area contributed by atoms with E-state index in [1.165, 1.54) is 6.07 Å². The van der Waals surface area contributed by atoms with Gasteiger partial charge >= 0.3 is 0 Å². The largest absolute Gasteiger partial charge is 0.368 e. The van der Waals surface area contributed by atoms with Gasteiger partial charge in [0.05, 0.1) is 17.9 Å². The monoisotopic (exact) mass is 463 g/mol. The molecule has 10 nitrogen and oxygen atoms in total. The van der Waals surface area contributed by atoms with Crippen molar-refractivity contribution in [1.29, 1.82) is 0 Å². The molecule has 0 spiro atoms. The van der Waals surface area contributed by atoms with Crippen LogP contribution in [0.25, 0.3) is 22.1 Å². The summed E-state index contributed by atoms with van der Waals surface area (Å²) in [4.78, 5) is 36.4. The third-order valence-corrected chi connectivity index (χ3v) is 6.33. The predicted octanol–water partition coefficient (Wildman–Crippen LogP) is 2.77. The summed E-state index contributed by atoms with van der Waals surface area (Å²) in [5.41, 5.74) is 9.08. The fourth-order valence-corrected chi connectivity index (χ4v) is 4.41. The summed E-state index contributed by atoms with van der Waals surface area (Å²) in [6, 6.07) is 5.03. The second-order valence-electron chi connectivity index (χ2n) is 8.54. The van der Waals surface area contributed by atoms with Gasteiger partial charge in [-0.2, -0.15) is 9.97 Å². The number of amides is 1. The van der Waals surface area contributed by atoms with Gasteiger partial charge in [0.25, 0.3) is 0 Å². The average molecular weight is 464 g/mol. The zero-order valence-corrected chi connectivity index (χ0v) is 19.3. The number of aryl methyl sites for hydroxylation is 1. The average Bonchev–Trinajstić information content (AvgIpc) is 3.29. The number of carbonyl (C=O) groups excluding carboxylic acids is 1. The van der Waals surface area contributed by atoms with E-state index in [1.807, 2.05) is 17.9 Å². The maximum atomic E-state index is 14.3. The zero-order valence-electron chi connectivity index (χ0n) is 19.3. The first-order valence-electron chi connectivity index (χ1n) is 11.1. The molecule has 176 valence electrons. The number of aromatic amines is 1. The first-order valence-corrected chi connectivity index (χ1v) is 11.1. The molecule has 4 heterocycles. The van der Waals surface area contributed by atoms with Crippen LogP contribution < -0.4 is 16.0 Å². The van der Waals surface area contributed by atoms with E-state index < -0.39 is 0 Å². The number of H-pyrrole nitrogens is 1. The lowest BCUT2D eigenvalue weighted by atomic mass is 10.0. The van der Waals surface area contributed by atoms with E-state index in [9.17, 15) is 9.18 Å². The highest BCUT2D eigenvalue weighted by Crippen LogP contribution is 2.33. The van der Waals surface area contributed by atoms with Crippen molar-refractivity contribution in [3.63, 3.8) is 0 Å². The summed E-state index contributed by atoms with van der Waals surface area (Å²) < 4.78 is 14.3. The normalized spacial score (nSPS) is 15.2. The molecule has 0 bridgehead atoms. The molecule has 1 fully saturated rings. The van der Waals surface area contributed by atoms with Crippen LogP contribution in [0, 0.1) is 12.7 Å². The Morgan fingerprint density at radius 1 is 1.21 bits per heavy atom. The third kappa shape index (κ3) is 3.82. The molecule has 1 aliphatic heterocycles. The summed E-state index contributed by atoms with van der Waals surface area (Å²) in [5.74, 6) is 1.19. The van der Waals surface area contributed by atoms with Crippen molar-refractivity contribution in [2.45, 2.75) is 26.8 Å². The van der Waals surface area contributed by atoms with Gasteiger partial charge in [0.2, 0.25) is 11.9 Å². The SMILES string of the molecule is CC(=O)N1CCN(c2nc3c(C)c(F)ccc3cc2[C@H](C)Nc2nc(N)nc3nc[nH]c23)CC1. The molecule has 1 amide bonds. The molecule has 4 aromatic rings. The molecular formula is C23H26FN9O. The summed E-state index contributed by atoms with van der Waals surface area (Å²) in [6.45, 7) is 7.81. The highest BCUT2D eigenvalue weighted by molar-refractivity contribution is 5.86. The third-order valence-electron chi connectivity index (χ3n) is 6.33. The van der Waals surface area contributed by atoms with E-state index in [0.29, 0.717) is 54.2 Å². The van der Waals surface area contributed by atoms with Gasteiger partial charge in [0.1, 0.15) is 17.2 Å². The number of carbonyl (C=O) groups is 1. The minimum Gasteiger partial charge on any atom is -0.368 e. The van der Waals surface area contributed by atoms with Gasteiger partial charge in [-0.15, -0.1) is 0 Å². The number of nitrogens with two attached hydrogens (primary N) is 1. The molecule has 0 saturated carbocycles.